The van der Waals surface area contributed by atoms with Crippen LogP contribution in [0, 0.1) is 0 Å². The molecule has 0 aromatic heterocycles. The third-order valence-electron chi connectivity index (χ3n) is 3.27. The molecule has 4 heteroatoms. The van der Waals surface area contributed by atoms with Crippen LogP contribution in [0.25, 0.3) is 0 Å². The topological polar surface area (TPSA) is 61.4 Å². The first-order valence-corrected chi connectivity index (χ1v) is 5.96. The van der Waals surface area contributed by atoms with Gasteiger partial charge in [-0.05, 0) is 44.9 Å². The molecule has 2 rings (SSSR count). The summed E-state index contributed by atoms with van der Waals surface area (Å²) in [5.41, 5.74) is -0.0633. The van der Waals surface area contributed by atoms with Crippen LogP contribution in [-0.4, -0.2) is 23.1 Å². The number of phenolic OH excluding ortho intramolecular Hbond substituents is 1. The van der Waals surface area contributed by atoms with Gasteiger partial charge in [0.2, 0.25) is 5.91 Å². The Morgan fingerprint density at radius 3 is 2.82 bits per heavy atom. The number of anilines is 1. The number of hydrogen-bond acceptors (Lipinski definition) is 3. The molecule has 3 N–H and O–H groups in total. The van der Waals surface area contributed by atoms with Gasteiger partial charge in [0.05, 0.1) is 11.2 Å². The van der Waals surface area contributed by atoms with Gasteiger partial charge < -0.3 is 15.7 Å². The maximum Gasteiger partial charge on any atom is 0.244 e. The Bertz CT molecular complexity index is 412. The average Bonchev–Trinajstić information content (AvgIpc) is 2.33. The van der Waals surface area contributed by atoms with Gasteiger partial charge >= 0.3 is 0 Å². The molecule has 1 aliphatic heterocycles. The Balaban J connectivity index is 2.08. The number of nitrogens with one attached hydrogen (secondary N) is 2. The first-order chi connectivity index (χ1) is 8.12. The van der Waals surface area contributed by atoms with Gasteiger partial charge in [0.15, 0.2) is 0 Å². The highest BCUT2D eigenvalue weighted by Crippen LogP contribution is 2.25. The molecule has 1 saturated heterocycles. The third kappa shape index (κ3) is 2.58. The molecule has 0 radical (unpaired) electrons. The van der Waals surface area contributed by atoms with Crippen molar-refractivity contribution >= 4 is 11.6 Å². The predicted molar refractivity (Wildman–Crippen MR) is 67.0 cm³/mol. The molecular weight excluding hydrogens is 216 g/mol. The van der Waals surface area contributed by atoms with Gasteiger partial charge in [0, 0.05) is 0 Å². The Morgan fingerprint density at radius 1 is 1.41 bits per heavy atom. The molecule has 4 nitrogen and oxygen atoms in total. The highest BCUT2D eigenvalue weighted by atomic mass is 16.3. The van der Waals surface area contributed by atoms with Crippen LogP contribution in [-0.2, 0) is 4.79 Å². The monoisotopic (exact) mass is 234 g/mol. The number of aromatic hydroxyl groups is 1. The van der Waals surface area contributed by atoms with Crippen LogP contribution >= 0.6 is 0 Å². The summed E-state index contributed by atoms with van der Waals surface area (Å²) in [5.74, 6) is 0.0129. The van der Waals surface area contributed by atoms with Crippen LogP contribution < -0.4 is 10.6 Å². The largest absolute Gasteiger partial charge is 0.506 e. The van der Waals surface area contributed by atoms with E-state index in [4.69, 9.17) is 0 Å². The second-order valence-electron chi connectivity index (χ2n) is 4.69. The smallest absolute Gasteiger partial charge is 0.244 e. The molecule has 1 aliphatic rings. The summed E-state index contributed by atoms with van der Waals surface area (Å²) in [6.07, 6.45) is 2.99. The lowest BCUT2D eigenvalue weighted by atomic mass is 9.90. The van der Waals surface area contributed by atoms with Gasteiger partial charge in [-0.15, -0.1) is 0 Å². The third-order valence-corrected chi connectivity index (χ3v) is 3.27. The molecule has 0 spiro atoms. The van der Waals surface area contributed by atoms with Crippen molar-refractivity contribution in [1.29, 1.82) is 0 Å². The SMILES string of the molecule is CC1(C(=O)Nc2ccccc2O)CCCCN1. The molecule has 1 aromatic rings. The summed E-state index contributed by atoms with van der Waals surface area (Å²) in [7, 11) is 0. The lowest BCUT2D eigenvalue weighted by Gasteiger charge is -2.33. The zero-order valence-corrected chi connectivity index (χ0v) is 9.99. The first kappa shape index (κ1) is 11.9. The number of amides is 1. The van der Waals surface area contributed by atoms with E-state index in [0.717, 1.165) is 25.8 Å². The van der Waals surface area contributed by atoms with E-state index < -0.39 is 5.54 Å². The second-order valence-corrected chi connectivity index (χ2v) is 4.69. The lowest BCUT2D eigenvalue weighted by molar-refractivity contribution is -0.122. The average molecular weight is 234 g/mol. The van der Waals surface area contributed by atoms with Gasteiger partial charge in [-0.25, -0.2) is 0 Å². The molecule has 1 aromatic carbocycles. The van der Waals surface area contributed by atoms with Gasteiger partial charge in [0.1, 0.15) is 5.75 Å². The number of piperidine rings is 1. The highest BCUT2D eigenvalue weighted by Gasteiger charge is 2.34. The van der Waals surface area contributed by atoms with E-state index in [9.17, 15) is 9.90 Å². The van der Waals surface area contributed by atoms with Crippen molar-refractivity contribution in [2.24, 2.45) is 0 Å². The van der Waals surface area contributed by atoms with Crippen LogP contribution in [0.15, 0.2) is 24.3 Å². The molecule has 0 aliphatic carbocycles. The molecule has 17 heavy (non-hydrogen) atoms. The van der Waals surface area contributed by atoms with E-state index in [0.29, 0.717) is 5.69 Å². The molecule has 1 unspecified atom stereocenters. The van der Waals surface area contributed by atoms with Crippen molar-refractivity contribution in [3.63, 3.8) is 0 Å². The minimum atomic E-state index is -0.527. The fourth-order valence-corrected chi connectivity index (χ4v) is 2.09. The van der Waals surface area contributed by atoms with Crippen LogP contribution in [0.1, 0.15) is 26.2 Å². The van der Waals surface area contributed by atoms with Crippen LogP contribution in [0.2, 0.25) is 0 Å². The van der Waals surface area contributed by atoms with Crippen molar-refractivity contribution in [3.05, 3.63) is 24.3 Å². The molecule has 1 fully saturated rings. The minimum absolute atomic E-state index is 0.0845. The van der Waals surface area contributed by atoms with E-state index >= 15 is 0 Å². The summed E-state index contributed by atoms with van der Waals surface area (Å²) >= 11 is 0. The molecule has 92 valence electrons. The minimum Gasteiger partial charge on any atom is -0.506 e. The normalized spacial score (nSPS) is 24.3. The number of phenols is 1. The molecule has 1 atom stereocenters. The summed E-state index contributed by atoms with van der Waals surface area (Å²) in [5, 5.41) is 15.6. The van der Waals surface area contributed by atoms with E-state index in [1.807, 2.05) is 6.92 Å². The van der Waals surface area contributed by atoms with Gasteiger partial charge in [-0.3, -0.25) is 4.79 Å². The van der Waals surface area contributed by atoms with Gasteiger partial charge in [-0.2, -0.15) is 0 Å². The molecule has 1 amide bonds. The number of rotatable bonds is 2. The maximum atomic E-state index is 12.2. The van der Waals surface area contributed by atoms with Crippen molar-refractivity contribution in [1.82, 2.24) is 5.32 Å². The predicted octanol–water partition coefficient (Wildman–Crippen LogP) is 1.86. The van der Waals surface area contributed by atoms with Crippen molar-refractivity contribution < 1.29 is 9.90 Å². The van der Waals surface area contributed by atoms with E-state index in [1.165, 1.54) is 0 Å². The number of para-hydroxylation sites is 2. The summed E-state index contributed by atoms with van der Waals surface area (Å²) in [4.78, 5) is 12.2. The molecule has 0 saturated carbocycles. The fourth-order valence-electron chi connectivity index (χ4n) is 2.09. The van der Waals surface area contributed by atoms with Crippen molar-refractivity contribution in [2.45, 2.75) is 31.7 Å². The van der Waals surface area contributed by atoms with Crippen molar-refractivity contribution in [3.8, 4) is 5.75 Å². The van der Waals surface area contributed by atoms with Gasteiger partial charge in [-0.1, -0.05) is 12.1 Å². The second kappa shape index (κ2) is 4.75. The Labute approximate surface area is 101 Å². The van der Waals surface area contributed by atoms with E-state index in [-0.39, 0.29) is 11.7 Å². The Hall–Kier alpha value is -1.55. The number of carbonyl (C=O) groups is 1. The zero-order valence-electron chi connectivity index (χ0n) is 9.99. The summed E-state index contributed by atoms with van der Waals surface area (Å²) < 4.78 is 0. The van der Waals surface area contributed by atoms with E-state index in [1.54, 1.807) is 24.3 Å². The fraction of sp³-hybridized carbons (Fsp3) is 0.462. The molecule has 0 bridgehead atoms. The van der Waals surface area contributed by atoms with Crippen LogP contribution in [0.5, 0.6) is 5.75 Å². The lowest BCUT2D eigenvalue weighted by Crippen LogP contribution is -2.54. The van der Waals surface area contributed by atoms with Crippen molar-refractivity contribution in [2.75, 3.05) is 11.9 Å². The Kier molecular flexibility index (Phi) is 3.33. The molecular formula is C13H18N2O2. The number of hydrogen-bond donors (Lipinski definition) is 3. The molecule has 1 heterocycles. The van der Waals surface area contributed by atoms with E-state index in [2.05, 4.69) is 10.6 Å². The van der Waals surface area contributed by atoms with Gasteiger partial charge in [0.25, 0.3) is 0 Å². The quantitative estimate of drug-likeness (QED) is 0.684. The zero-order chi connectivity index (χ0) is 12.3. The maximum absolute atomic E-state index is 12.2. The summed E-state index contributed by atoms with van der Waals surface area (Å²) in [6.45, 7) is 2.77. The highest BCUT2D eigenvalue weighted by molar-refractivity contribution is 5.98. The Morgan fingerprint density at radius 2 is 2.18 bits per heavy atom. The first-order valence-electron chi connectivity index (χ1n) is 5.96. The summed E-state index contributed by atoms with van der Waals surface area (Å²) in [6, 6.07) is 6.77. The van der Waals surface area contributed by atoms with Crippen LogP contribution in [0.4, 0.5) is 5.69 Å². The van der Waals surface area contributed by atoms with Crippen LogP contribution in [0.3, 0.4) is 0 Å². The number of benzene rings is 1. The standard InChI is InChI=1S/C13H18N2O2/c1-13(8-4-5-9-14-13)12(17)15-10-6-2-3-7-11(10)16/h2-3,6-7,14,16H,4-5,8-9H2,1H3,(H,15,17). The number of carbonyl (C=O) groups excluding carboxylic acids is 1.